The number of hydrogen-bond acceptors (Lipinski definition) is 7. The van der Waals surface area contributed by atoms with Gasteiger partial charge in [-0.05, 0) is 55.3 Å². The zero-order valence-corrected chi connectivity index (χ0v) is 22.1. The van der Waals surface area contributed by atoms with Crippen molar-refractivity contribution in [3.8, 4) is 11.4 Å². The van der Waals surface area contributed by atoms with E-state index in [1.807, 2.05) is 36.4 Å². The molecule has 6 rings (SSSR count). The molecule has 1 saturated heterocycles. The molecule has 3 aromatic heterocycles. The lowest BCUT2D eigenvalue weighted by atomic mass is 9.91. The van der Waals surface area contributed by atoms with Crippen molar-refractivity contribution >= 4 is 16.9 Å². The Morgan fingerprint density at radius 2 is 1.85 bits per heavy atom. The van der Waals surface area contributed by atoms with Gasteiger partial charge in [-0.25, -0.2) is 14.1 Å². The molecule has 1 N–H and O–H groups in total. The molecule has 4 heterocycles. The number of carbonyl (C=O) groups excluding carboxylic acids is 1. The molecule has 10 nitrogen and oxygen atoms in total. The summed E-state index contributed by atoms with van der Waals surface area (Å²) in [5, 5.41) is 16.0. The van der Waals surface area contributed by atoms with Gasteiger partial charge in [0.1, 0.15) is 29.9 Å². The van der Waals surface area contributed by atoms with E-state index < -0.39 is 11.4 Å². The van der Waals surface area contributed by atoms with E-state index in [1.54, 1.807) is 22.0 Å². The number of halogens is 1. The van der Waals surface area contributed by atoms with Crippen LogP contribution < -0.4 is 10.3 Å². The maximum absolute atomic E-state index is 13.3. The summed E-state index contributed by atoms with van der Waals surface area (Å²) in [4.78, 5) is 36.3. The molecule has 0 saturated carbocycles. The van der Waals surface area contributed by atoms with Crippen LogP contribution in [0.2, 0.25) is 0 Å². The number of aliphatic hydroxyl groups is 1. The van der Waals surface area contributed by atoms with E-state index in [9.17, 15) is 19.1 Å². The summed E-state index contributed by atoms with van der Waals surface area (Å²) in [5.41, 5.74) is 0.909. The van der Waals surface area contributed by atoms with Crippen molar-refractivity contribution in [2.24, 2.45) is 0 Å². The minimum absolute atomic E-state index is 0.0379. The minimum atomic E-state index is -1.19. The summed E-state index contributed by atoms with van der Waals surface area (Å²) >= 11 is 0. The van der Waals surface area contributed by atoms with Gasteiger partial charge < -0.3 is 14.7 Å². The summed E-state index contributed by atoms with van der Waals surface area (Å²) in [6.07, 6.45) is 6.91. The average molecular weight is 555 g/mol. The topological polar surface area (TPSA) is 115 Å². The smallest absolute Gasteiger partial charge is 0.264 e. The summed E-state index contributed by atoms with van der Waals surface area (Å²) < 4.78 is 22.1. The SMILES string of the molecule is O=C(c1ccc(F)cc1)N1CCC(O)(Cn2cnc3c(cnn3-c3cccc(OCc4cccnc4)c3)c2=O)CC1. The Hall–Kier alpha value is -4.90. The first-order valence-corrected chi connectivity index (χ1v) is 13.2. The van der Waals surface area contributed by atoms with Gasteiger partial charge >= 0.3 is 0 Å². The molecule has 0 aliphatic carbocycles. The summed E-state index contributed by atoms with van der Waals surface area (Å²) in [5.74, 6) is 0.0107. The second-order valence-corrected chi connectivity index (χ2v) is 10.1. The monoisotopic (exact) mass is 554 g/mol. The third-order valence-corrected chi connectivity index (χ3v) is 7.28. The number of pyridine rings is 1. The quantitative estimate of drug-likeness (QED) is 0.328. The number of benzene rings is 2. The van der Waals surface area contributed by atoms with Gasteiger partial charge in [0.25, 0.3) is 11.5 Å². The van der Waals surface area contributed by atoms with Gasteiger partial charge in [0.2, 0.25) is 0 Å². The van der Waals surface area contributed by atoms with Crippen LogP contribution in [0.3, 0.4) is 0 Å². The number of hydrogen-bond donors (Lipinski definition) is 1. The molecule has 0 spiro atoms. The van der Waals surface area contributed by atoms with E-state index in [1.165, 1.54) is 41.4 Å². The van der Waals surface area contributed by atoms with Crippen molar-refractivity contribution < 1.29 is 19.0 Å². The zero-order chi connectivity index (χ0) is 28.4. The Labute approximate surface area is 234 Å². The Bertz CT molecular complexity index is 1740. The molecular formula is C30H27FN6O4. The Morgan fingerprint density at radius 3 is 2.61 bits per heavy atom. The number of ether oxygens (including phenoxy) is 1. The Morgan fingerprint density at radius 1 is 1.05 bits per heavy atom. The van der Waals surface area contributed by atoms with Crippen LogP contribution in [-0.4, -0.2) is 58.9 Å². The molecule has 1 aliphatic heterocycles. The highest BCUT2D eigenvalue weighted by Crippen LogP contribution is 2.26. The number of piperidine rings is 1. The molecule has 0 radical (unpaired) electrons. The van der Waals surface area contributed by atoms with Crippen molar-refractivity contribution in [3.63, 3.8) is 0 Å². The standard InChI is InChI=1S/C30H27FN6O4/c31-23-8-6-22(7-9-23)28(38)35-13-10-30(40,11-14-35)19-36-20-33-27-26(29(36)39)17-34-37(27)24-4-1-5-25(15-24)41-18-21-3-2-12-32-16-21/h1-9,12,15-17,20,40H,10-11,13-14,18-19H2. The van der Waals surface area contributed by atoms with Crippen molar-refractivity contribution in [3.05, 3.63) is 113 Å². The molecule has 11 heteroatoms. The third kappa shape index (κ3) is 5.57. The maximum Gasteiger partial charge on any atom is 0.264 e. The molecule has 208 valence electrons. The van der Waals surface area contributed by atoms with Gasteiger partial charge in [-0.1, -0.05) is 12.1 Å². The van der Waals surface area contributed by atoms with Gasteiger partial charge in [0.15, 0.2) is 5.65 Å². The van der Waals surface area contributed by atoms with Crippen LogP contribution in [0.4, 0.5) is 4.39 Å². The molecule has 41 heavy (non-hydrogen) atoms. The summed E-state index contributed by atoms with van der Waals surface area (Å²) in [7, 11) is 0. The van der Waals surface area contributed by atoms with E-state index in [0.29, 0.717) is 47.7 Å². The lowest BCUT2D eigenvalue weighted by Gasteiger charge is -2.38. The lowest BCUT2D eigenvalue weighted by molar-refractivity contribution is -0.0299. The van der Waals surface area contributed by atoms with Crippen LogP contribution in [-0.2, 0) is 13.2 Å². The van der Waals surface area contributed by atoms with E-state index >= 15 is 0 Å². The van der Waals surface area contributed by atoms with E-state index in [0.717, 1.165) is 5.56 Å². The average Bonchev–Trinajstić information content (AvgIpc) is 3.44. The first kappa shape index (κ1) is 26.3. The van der Waals surface area contributed by atoms with E-state index in [-0.39, 0.29) is 30.9 Å². The molecule has 1 aliphatic rings. The van der Waals surface area contributed by atoms with Crippen molar-refractivity contribution in [1.29, 1.82) is 0 Å². The maximum atomic E-state index is 13.3. The predicted octanol–water partition coefficient (Wildman–Crippen LogP) is 3.36. The van der Waals surface area contributed by atoms with E-state index in [2.05, 4.69) is 15.1 Å². The van der Waals surface area contributed by atoms with Crippen molar-refractivity contribution in [1.82, 2.24) is 29.2 Å². The zero-order valence-electron chi connectivity index (χ0n) is 22.1. The molecule has 2 aromatic carbocycles. The van der Waals surface area contributed by atoms with Crippen LogP contribution in [0.1, 0.15) is 28.8 Å². The highest BCUT2D eigenvalue weighted by molar-refractivity contribution is 5.94. The van der Waals surface area contributed by atoms with Gasteiger partial charge in [0, 0.05) is 42.7 Å². The van der Waals surface area contributed by atoms with Crippen LogP contribution >= 0.6 is 0 Å². The lowest BCUT2D eigenvalue weighted by Crippen LogP contribution is -2.49. The Kier molecular flexibility index (Phi) is 7.02. The fourth-order valence-electron chi connectivity index (χ4n) is 4.98. The highest BCUT2D eigenvalue weighted by atomic mass is 19.1. The molecule has 0 unspecified atom stereocenters. The van der Waals surface area contributed by atoms with Crippen LogP contribution in [0.25, 0.3) is 16.7 Å². The number of likely N-dealkylation sites (tertiary alicyclic amines) is 1. The number of aromatic nitrogens is 5. The molecule has 1 amide bonds. The van der Waals surface area contributed by atoms with Crippen LogP contribution in [0.5, 0.6) is 5.75 Å². The highest BCUT2D eigenvalue weighted by Gasteiger charge is 2.35. The summed E-state index contributed by atoms with van der Waals surface area (Å²) in [6, 6.07) is 16.5. The first-order chi connectivity index (χ1) is 19.9. The fraction of sp³-hybridized carbons (Fsp3) is 0.233. The van der Waals surface area contributed by atoms with E-state index in [4.69, 9.17) is 4.74 Å². The number of fused-ring (bicyclic) bond motifs is 1. The second-order valence-electron chi connectivity index (χ2n) is 10.1. The van der Waals surface area contributed by atoms with Crippen LogP contribution in [0.15, 0.2) is 90.4 Å². The Balaban J connectivity index is 1.15. The number of amides is 1. The molecular weight excluding hydrogens is 527 g/mol. The van der Waals surface area contributed by atoms with Gasteiger partial charge in [-0.2, -0.15) is 5.10 Å². The predicted molar refractivity (Wildman–Crippen MR) is 148 cm³/mol. The number of carbonyl (C=O) groups is 1. The number of rotatable bonds is 7. The molecule has 0 atom stereocenters. The van der Waals surface area contributed by atoms with Gasteiger partial charge in [-0.3, -0.25) is 19.1 Å². The van der Waals surface area contributed by atoms with Crippen LogP contribution in [0, 0.1) is 5.82 Å². The third-order valence-electron chi connectivity index (χ3n) is 7.28. The number of nitrogens with zero attached hydrogens (tertiary/aromatic N) is 6. The molecule has 0 bridgehead atoms. The normalized spacial score (nSPS) is 14.7. The first-order valence-electron chi connectivity index (χ1n) is 13.2. The van der Waals surface area contributed by atoms with Crippen molar-refractivity contribution in [2.75, 3.05) is 13.1 Å². The summed E-state index contributed by atoms with van der Waals surface area (Å²) in [6.45, 7) is 1.03. The molecule has 1 fully saturated rings. The van der Waals surface area contributed by atoms with Crippen molar-refractivity contribution in [2.45, 2.75) is 31.6 Å². The van der Waals surface area contributed by atoms with Gasteiger partial charge in [-0.15, -0.1) is 0 Å². The minimum Gasteiger partial charge on any atom is -0.489 e. The largest absolute Gasteiger partial charge is 0.489 e. The van der Waals surface area contributed by atoms with Gasteiger partial charge in [0.05, 0.1) is 24.0 Å². The second kappa shape index (κ2) is 10.9. The fourth-order valence-corrected chi connectivity index (χ4v) is 4.98. The molecule has 5 aromatic rings.